The second kappa shape index (κ2) is 16.3. The second-order valence-electron chi connectivity index (χ2n) is 13.4. The molecule has 0 atom stereocenters. The Balaban J connectivity index is 0.00000109. The number of para-hydroxylation sites is 3. The number of benzene rings is 6. The lowest BCUT2D eigenvalue weighted by molar-refractivity contribution is 0.665. The van der Waals surface area contributed by atoms with Gasteiger partial charge in [0, 0.05) is 39.6 Å². The van der Waals surface area contributed by atoms with Crippen LogP contribution in [0.2, 0.25) is 0 Å². The second-order valence-corrected chi connectivity index (χ2v) is 13.4. The molecule has 0 radical (unpaired) electrons. The van der Waals surface area contributed by atoms with Crippen molar-refractivity contribution in [2.75, 3.05) is 9.80 Å². The van der Waals surface area contributed by atoms with Gasteiger partial charge in [0.15, 0.2) is 0 Å². The van der Waals surface area contributed by atoms with Crippen LogP contribution in [0.15, 0.2) is 185 Å². The highest BCUT2D eigenvalue weighted by Crippen LogP contribution is 2.45. The zero-order valence-electron chi connectivity index (χ0n) is 32.3. The van der Waals surface area contributed by atoms with Crippen LogP contribution in [0.25, 0.3) is 38.3 Å². The van der Waals surface area contributed by atoms with E-state index < -0.39 is 0 Å². The zero-order chi connectivity index (χ0) is 37.6. The molecule has 1 aromatic heterocycles. The summed E-state index contributed by atoms with van der Waals surface area (Å²) in [6, 6.07) is 49.8. The molecule has 0 saturated heterocycles. The third-order valence-electron chi connectivity index (χ3n) is 10.4. The molecule has 6 aromatic carbocycles. The summed E-state index contributed by atoms with van der Waals surface area (Å²) in [6.07, 6.45) is 8.45. The third kappa shape index (κ3) is 6.90. The summed E-state index contributed by atoms with van der Waals surface area (Å²) < 4.78 is 6.50. The molecule has 270 valence electrons. The topological polar surface area (TPSA) is 19.6 Å². The Kier molecular flexibility index (Phi) is 11.0. The smallest absolute Gasteiger partial charge is 0.140 e. The fourth-order valence-corrected chi connectivity index (χ4v) is 7.78. The Labute approximate surface area is 320 Å². The van der Waals surface area contributed by atoms with Crippen LogP contribution in [0.4, 0.5) is 17.1 Å². The average Bonchev–Trinajstić information content (AvgIpc) is 3.63. The van der Waals surface area contributed by atoms with E-state index in [0.29, 0.717) is 0 Å². The molecule has 0 fully saturated rings. The van der Waals surface area contributed by atoms with Crippen LogP contribution in [0.3, 0.4) is 0 Å². The lowest BCUT2D eigenvalue weighted by atomic mass is 9.87. The van der Waals surface area contributed by atoms with Crippen molar-refractivity contribution in [3.63, 3.8) is 0 Å². The molecule has 54 heavy (non-hydrogen) atoms. The van der Waals surface area contributed by atoms with Gasteiger partial charge < -0.3 is 14.2 Å². The highest BCUT2D eigenvalue weighted by Gasteiger charge is 2.28. The standard InChI is InChI=1S/C47H38N2O.2C2H6/c1-32-21-22-37(36-24-23-34-13-9-10-14-35(34)29-36)31-48(38-15-5-3-6-16-38)45-30-40(25-26-41(32)45)49(39-17-7-4-8-18-39)44-28-27-43-42-19-11-12-20-46(42)50-47(43)33(44)2;2*1-2/h3-20,23-24,27-31H,1,21-22,25-26H2,2H3;2*1-2H3/b37-31+;;. The van der Waals surface area contributed by atoms with Gasteiger partial charge >= 0.3 is 0 Å². The molecule has 9 rings (SSSR count). The Morgan fingerprint density at radius 3 is 2.09 bits per heavy atom. The molecule has 0 spiro atoms. The van der Waals surface area contributed by atoms with E-state index in [0.717, 1.165) is 70.2 Å². The summed E-state index contributed by atoms with van der Waals surface area (Å²) in [4.78, 5) is 4.84. The van der Waals surface area contributed by atoms with Gasteiger partial charge in [-0.3, -0.25) is 0 Å². The molecule has 0 N–H and O–H groups in total. The van der Waals surface area contributed by atoms with Gasteiger partial charge in [-0.1, -0.05) is 125 Å². The summed E-state index contributed by atoms with van der Waals surface area (Å²) in [5, 5.41) is 4.81. The Hall–Kier alpha value is -6.06. The van der Waals surface area contributed by atoms with Gasteiger partial charge in [0.25, 0.3) is 0 Å². The molecule has 7 aromatic rings. The highest BCUT2D eigenvalue weighted by atomic mass is 16.3. The summed E-state index contributed by atoms with van der Waals surface area (Å²) in [6.45, 7) is 14.9. The van der Waals surface area contributed by atoms with Crippen molar-refractivity contribution in [2.24, 2.45) is 0 Å². The normalized spacial score (nSPS) is 15.2. The minimum Gasteiger partial charge on any atom is -0.456 e. The minimum absolute atomic E-state index is 0.897. The first-order valence-corrected chi connectivity index (χ1v) is 19.5. The molecule has 1 aliphatic carbocycles. The van der Waals surface area contributed by atoms with Gasteiger partial charge in [0.05, 0.1) is 11.4 Å². The average molecular weight is 707 g/mol. The van der Waals surface area contributed by atoms with E-state index in [1.54, 1.807) is 0 Å². The maximum atomic E-state index is 6.50. The van der Waals surface area contributed by atoms with Crippen LogP contribution >= 0.6 is 0 Å². The highest BCUT2D eigenvalue weighted by molar-refractivity contribution is 6.07. The van der Waals surface area contributed by atoms with Gasteiger partial charge in [-0.15, -0.1) is 0 Å². The minimum atomic E-state index is 0.897. The number of hydrogen-bond donors (Lipinski definition) is 0. The largest absolute Gasteiger partial charge is 0.456 e. The van der Waals surface area contributed by atoms with Gasteiger partial charge in [0.1, 0.15) is 11.2 Å². The van der Waals surface area contributed by atoms with Gasteiger partial charge in [-0.25, -0.2) is 0 Å². The van der Waals surface area contributed by atoms with Crippen molar-refractivity contribution in [3.8, 4) is 0 Å². The fraction of sp³-hybridized carbons (Fsp3) is 0.176. The van der Waals surface area contributed by atoms with Crippen molar-refractivity contribution < 1.29 is 4.42 Å². The number of aryl methyl sites for hydroxylation is 1. The van der Waals surface area contributed by atoms with Gasteiger partial charge in [-0.2, -0.15) is 0 Å². The van der Waals surface area contributed by atoms with Crippen molar-refractivity contribution >= 4 is 55.3 Å². The molecular formula is C51H50N2O. The first kappa shape index (κ1) is 36.3. The van der Waals surface area contributed by atoms with E-state index in [-0.39, 0.29) is 0 Å². The van der Waals surface area contributed by atoms with Crippen molar-refractivity contribution in [1.82, 2.24) is 0 Å². The van der Waals surface area contributed by atoms with Crippen molar-refractivity contribution in [2.45, 2.75) is 60.3 Å². The Morgan fingerprint density at radius 1 is 0.630 bits per heavy atom. The Bertz CT molecular complexity index is 2520. The fourth-order valence-electron chi connectivity index (χ4n) is 7.78. The third-order valence-corrected chi connectivity index (χ3v) is 10.4. The number of furan rings is 1. The summed E-state index contributed by atoms with van der Waals surface area (Å²) in [5.74, 6) is 0. The van der Waals surface area contributed by atoms with Crippen LogP contribution in [-0.2, 0) is 0 Å². The predicted octanol–water partition coefficient (Wildman–Crippen LogP) is 15.1. The lowest BCUT2D eigenvalue weighted by Gasteiger charge is -2.36. The number of hydrogen-bond acceptors (Lipinski definition) is 3. The van der Waals surface area contributed by atoms with E-state index >= 15 is 0 Å². The van der Waals surface area contributed by atoms with Crippen LogP contribution in [-0.4, -0.2) is 0 Å². The molecule has 3 nitrogen and oxygen atoms in total. The maximum absolute atomic E-state index is 6.50. The van der Waals surface area contributed by atoms with Crippen LogP contribution in [0.5, 0.6) is 0 Å². The van der Waals surface area contributed by atoms with Crippen molar-refractivity contribution in [3.05, 3.63) is 192 Å². The molecular weight excluding hydrogens is 657 g/mol. The number of nitrogens with zero attached hydrogens (tertiary/aromatic N) is 2. The monoisotopic (exact) mass is 706 g/mol. The summed E-state index contributed by atoms with van der Waals surface area (Å²) in [5.41, 5.74) is 13.9. The first-order chi connectivity index (χ1) is 26.6. The molecule has 0 amide bonds. The molecule has 1 aliphatic heterocycles. The molecule has 3 heteroatoms. The summed E-state index contributed by atoms with van der Waals surface area (Å²) >= 11 is 0. The van der Waals surface area contributed by atoms with E-state index in [9.17, 15) is 0 Å². The van der Waals surface area contributed by atoms with Gasteiger partial charge in [-0.05, 0) is 120 Å². The molecule has 0 unspecified atom stereocenters. The van der Waals surface area contributed by atoms with Crippen LogP contribution in [0, 0.1) is 6.92 Å². The molecule has 0 saturated carbocycles. The van der Waals surface area contributed by atoms with Gasteiger partial charge in [0.2, 0.25) is 0 Å². The molecule has 2 aliphatic rings. The number of anilines is 3. The van der Waals surface area contributed by atoms with E-state index in [1.807, 2.05) is 33.8 Å². The molecule has 2 heterocycles. The quantitative estimate of drug-likeness (QED) is 0.178. The van der Waals surface area contributed by atoms with Crippen LogP contribution in [0.1, 0.15) is 64.5 Å². The number of rotatable bonds is 5. The van der Waals surface area contributed by atoms with Crippen molar-refractivity contribution in [1.29, 1.82) is 0 Å². The lowest BCUT2D eigenvalue weighted by Crippen LogP contribution is -2.25. The van der Waals surface area contributed by atoms with E-state index in [4.69, 9.17) is 11.0 Å². The zero-order valence-corrected chi connectivity index (χ0v) is 32.3. The Morgan fingerprint density at radius 2 is 1.31 bits per heavy atom. The first-order valence-electron chi connectivity index (χ1n) is 19.5. The van der Waals surface area contributed by atoms with Crippen LogP contribution < -0.4 is 9.80 Å². The number of allylic oxidation sites excluding steroid dienone is 5. The SMILES string of the molecule is C=C1CC/C(c2ccc3ccccc3c2)=C\N(c2ccccc2)C2=C1CCC(N(c1ccccc1)c1ccc3c(oc4ccccc43)c1C)=C2.CC.CC. The number of fused-ring (bicyclic) bond motifs is 4. The summed E-state index contributed by atoms with van der Waals surface area (Å²) in [7, 11) is 0. The maximum Gasteiger partial charge on any atom is 0.140 e. The molecule has 0 bridgehead atoms. The van der Waals surface area contributed by atoms with E-state index in [2.05, 4.69) is 162 Å². The predicted molar refractivity (Wildman–Crippen MR) is 233 cm³/mol. The van der Waals surface area contributed by atoms with E-state index in [1.165, 1.54) is 44.4 Å².